The van der Waals surface area contributed by atoms with E-state index in [1.165, 1.54) is 0 Å². The fourth-order valence-corrected chi connectivity index (χ4v) is 3.47. The summed E-state index contributed by atoms with van der Waals surface area (Å²) in [6.45, 7) is 7.70. The number of imidazole rings is 1. The Morgan fingerprint density at radius 1 is 1.46 bits per heavy atom. The lowest BCUT2D eigenvalue weighted by molar-refractivity contribution is 0.0661. The average Bonchev–Trinajstić information content (AvgIpc) is 3.12. The van der Waals surface area contributed by atoms with Crippen LogP contribution < -0.4 is 0 Å². The normalized spacial score (nSPS) is 18.4. The second-order valence-corrected chi connectivity index (χ2v) is 7.22. The molecule has 0 unspecified atom stereocenters. The largest absolute Gasteiger partial charge is 0.351 e. The topological polar surface area (TPSA) is 64.2 Å². The first-order valence-corrected chi connectivity index (χ1v) is 8.68. The van der Waals surface area contributed by atoms with Crippen LogP contribution >= 0.6 is 0 Å². The van der Waals surface area contributed by atoms with Gasteiger partial charge in [-0.3, -0.25) is 4.79 Å². The molecule has 3 heterocycles. The van der Waals surface area contributed by atoms with Gasteiger partial charge in [0, 0.05) is 38.3 Å². The van der Waals surface area contributed by atoms with Crippen molar-refractivity contribution in [2.24, 2.45) is 13.0 Å². The Balaban J connectivity index is 1.71. The van der Waals surface area contributed by atoms with E-state index in [9.17, 15) is 4.79 Å². The van der Waals surface area contributed by atoms with Gasteiger partial charge in [-0.05, 0) is 32.1 Å². The van der Waals surface area contributed by atoms with Gasteiger partial charge in [0.05, 0.1) is 11.4 Å². The number of aryl methyl sites for hydroxylation is 2. The number of carbonyl (C=O) groups is 1. The van der Waals surface area contributed by atoms with Crippen LogP contribution in [0.4, 0.5) is 0 Å². The van der Waals surface area contributed by atoms with Gasteiger partial charge in [0.2, 0.25) is 5.76 Å². The number of amides is 1. The molecule has 1 saturated heterocycles. The van der Waals surface area contributed by atoms with Crippen LogP contribution in [0.1, 0.15) is 60.4 Å². The zero-order chi connectivity index (χ0) is 17.3. The average molecular weight is 330 g/mol. The van der Waals surface area contributed by atoms with Gasteiger partial charge in [-0.15, -0.1) is 0 Å². The maximum Gasteiger partial charge on any atom is 0.292 e. The van der Waals surface area contributed by atoms with Crippen molar-refractivity contribution in [1.82, 2.24) is 19.6 Å². The minimum absolute atomic E-state index is 0.0619. The Morgan fingerprint density at radius 2 is 2.25 bits per heavy atom. The molecule has 1 atom stereocenters. The van der Waals surface area contributed by atoms with Crippen LogP contribution in [0.3, 0.4) is 0 Å². The molecule has 2 aromatic rings. The van der Waals surface area contributed by atoms with Crippen LogP contribution in [0.25, 0.3) is 0 Å². The molecule has 0 spiro atoms. The lowest BCUT2D eigenvalue weighted by atomic mass is 9.97. The molecule has 0 bridgehead atoms. The molecule has 1 aliphatic rings. The van der Waals surface area contributed by atoms with Crippen LogP contribution in [0.15, 0.2) is 16.8 Å². The predicted octanol–water partition coefficient (Wildman–Crippen LogP) is 2.93. The minimum Gasteiger partial charge on any atom is -0.351 e. The number of rotatable bonds is 4. The van der Waals surface area contributed by atoms with Crippen LogP contribution in [0.2, 0.25) is 0 Å². The second-order valence-electron chi connectivity index (χ2n) is 7.22. The number of aromatic nitrogens is 3. The van der Waals surface area contributed by atoms with E-state index in [0.717, 1.165) is 43.0 Å². The van der Waals surface area contributed by atoms with Crippen LogP contribution in [-0.4, -0.2) is 38.6 Å². The number of likely N-dealkylation sites (tertiary alicyclic amines) is 1. The summed E-state index contributed by atoms with van der Waals surface area (Å²) in [6, 6.07) is 1.79. The standard InChI is InChI=1S/C18H26N4O2/c1-12(2)8-15-9-16(24-20-15)18(23)22-7-5-6-14(11-22)17-19-13(3)10-21(17)4/h9-10,12,14H,5-8,11H2,1-4H3/t14-/m1/s1. The molecule has 24 heavy (non-hydrogen) atoms. The quantitative estimate of drug-likeness (QED) is 0.864. The van der Waals surface area contributed by atoms with E-state index in [4.69, 9.17) is 4.52 Å². The van der Waals surface area contributed by atoms with Gasteiger partial charge >= 0.3 is 0 Å². The maximum atomic E-state index is 12.7. The summed E-state index contributed by atoms with van der Waals surface area (Å²) in [4.78, 5) is 19.2. The van der Waals surface area contributed by atoms with Crippen molar-refractivity contribution in [1.29, 1.82) is 0 Å². The van der Waals surface area contributed by atoms with Gasteiger partial charge in [0.25, 0.3) is 5.91 Å². The highest BCUT2D eigenvalue weighted by atomic mass is 16.5. The van der Waals surface area contributed by atoms with E-state index >= 15 is 0 Å². The molecule has 1 fully saturated rings. The van der Waals surface area contributed by atoms with Crippen molar-refractivity contribution in [2.75, 3.05) is 13.1 Å². The maximum absolute atomic E-state index is 12.7. The summed E-state index contributed by atoms with van der Waals surface area (Å²) in [5, 5.41) is 4.03. The van der Waals surface area contributed by atoms with Crippen molar-refractivity contribution in [2.45, 2.75) is 46.0 Å². The molecular formula is C18H26N4O2. The monoisotopic (exact) mass is 330 g/mol. The Kier molecular flexibility index (Phi) is 4.73. The molecule has 1 aliphatic heterocycles. The molecule has 0 saturated carbocycles. The summed E-state index contributed by atoms with van der Waals surface area (Å²) in [6.07, 6.45) is 4.90. The highest BCUT2D eigenvalue weighted by Crippen LogP contribution is 2.27. The molecule has 130 valence electrons. The van der Waals surface area contributed by atoms with Gasteiger partial charge < -0.3 is 14.0 Å². The van der Waals surface area contributed by atoms with E-state index < -0.39 is 0 Å². The van der Waals surface area contributed by atoms with E-state index in [2.05, 4.69) is 28.6 Å². The first kappa shape index (κ1) is 16.7. The van der Waals surface area contributed by atoms with Crippen LogP contribution in [0, 0.1) is 12.8 Å². The number of hydrogen-bond donors (Lipinski definition) is 0. The zero-order valence-electron chi connectivity index (χ0n) is 15.0. The second kappa shape index (κ2) is 6.79. The Hall–Kier alpha value is -2.11. The highest BCUT2D eigenvalue weighted by Gasteiger charge is 2.29. The summed E-state index contributed by atoms with van der Waals surface area (Å²) in [7, 11) is 2.02. The third-order valence-corrected chi connectivity index (χ3v) is 4.49. The Labute approximate surface area is 142 Å². The van der Waals surface area contributed by atoms with Crippen molar-refractivity contribution in [3.63, 3.8) is 0 Å². The minimum atomic E-state index is -0.0619. The van der Waals surface area contributed by atoms with E-state index in [-0.39, 0.29) is 11.8 Å². The highest BCUT2D eigenvalue weighted by molar-refractivity contribution is 5.91. The number of nitrogens with zero attached hydrogens (tertiary/aromatic N) is 4. The SMILES string of the molecule is Cc1cn(C)c([C@@H]2CCCN(C(=O)c3cc(CC(C)C)no3)C2)n1. The van der Waals surface area contributed by atoms with Gasteiger partial charge in [-0.2, -0.15) is 0 Å². The third-order valence-electron chi connectivity index (χ3n) is 4.49. The number of carbonyl (C=O) groups excluding carboxylic acids is 1. The molecule has 6 heteroatoms. The summed E-state index contributed by atoms with van der Waals surface area (Å²) < 4.78 is 7.36. The molecule has 1 amide bonds. The van der Waals surface area contributed by atoms with E-state index in [0.29, 0.717) is 18.2 Å². The van der Waals surface area contributed by atoms with E-state index in [1.54, 1.807) is 6.07 Å². The molecule has 0 radical (unpaired) electrons. The molecule has 0 aliphatic carbocycles. The van der Waals surface area contributed by atoms with Crippen LogP contribution in [0.5, 0.6) is 0 Å². The van der Waals surface area contributed by atoms with E-state index in [1.807, 2.05) is 25.1 Å². The summed E-state index contributed by atoms with van der Waals surface area (Å²) >= 11 is 0. The summed E-state index contributed by atoms with van der Waals surface area (Å²) in [5.41, 5.74) is 1.87. The first-order chi connectivity index (χ1) is 11.4. The lowest BCUT2D eigenvalue weighted by Gasteiger charge is -2.31. The third kappa shape index (κ3) is 3.52. The fourth-order valence-electron chi connectivity index (χ4n) is 3.47. The smallest absolute Gasteiger partial charge is 0.292 e. The van der Waals surface area contributed by atoms with Gasteiger partial charge in [-0.1, -0.05) is 19.0 Å². The summed E-state index contributed by atoms with van der Waals surface area (Å²) in [5.74, 6) is 2.11. The fraction of sp³-hybridized carbons (Fsp3) is 0.611. The molecule has 2 aromatic heterocycles. The number of hydrogen-bond acceptors (Lipinski definition) is 4. The van der Waals surface area contributed by atoms with Gasteiger partial charge in [0.1, 0.15) is 5.82 Å². The zero-order valence-corrected chi connectivity index (χ0v) is 15.0. The van der Waals surface area contributed by atoms with Crippen molar-refractivity contribution >= 4 is 5.91 Å². The predicted molar refractivity (Wildman–Crippen MR) is 90.9 cm³/mol. The molecular weight excluding hydrogens is 304 g/mol. The molecule has 3 rings (SSSR count). The molecule has 0 aromatic carbocycles. The van der Waals surface area contributed by atoms with Crippen LogP contribution in [-0.2, 0) is 13.5 Å². The van der Waals surface area contributed by atoms with Gasteiger partial charge in [0.15, 0.2) is 0 Å². The Bertz CT molecular complexity index is 716. The lowest BCUT2D eigenvalue weighted by Crippen LogP contribution is -2.39. The van der Waals surface area contributed by atoms with Gasteiger partial charge in [-0.25, -0.2) is 4.98 Å². The van der Waals surface area contributed by atoms with Crippen molar-refractivity contribution < 1.29 is 9.32 Å². The molecule has 0 N–H and O–H groups in total. The first-order valence-electron chi connectivity index (χ1n) is 8.68. The van der Waals surface area contributed by atoms with Crippen molar-refractivity contribution in [3.8, 4) is 0 Å². The Morgan fingerprint density at radius 3 is 2.92 bits per heavy atom. The van der Waals surface area contributed by atoms with Crippen molar-refractivity contribution in [3.05, 3.63) is 35.2 Å². The molecule has 6 nitrogen and oxygen atoms in total. The number of piperidine rings is 1.